The number of hydrogen-bond acceptors (Lipinski definition) is 2. The molecule has 0 amide bonds. The van der Waals surface area contributed by atoms with Crippen molar-refractivity contribution in [1.82, 2.24) is 9.97 Å². The summed E-state index contributed by atoms with van der Waals surface area (Å²) >= 11 is 3.27. The Bertz CT molecular complexity index is 200. The van der Waals surface area contributed by atoms with Crippen molar-refractivity contribution in [3.8, 4) is 0 Å². The summed E-state index contributed by atoms with van der Waals surface area (Å²) in [5.74, 6) is 0.843. The Morgan fingerprint density at radius 1 is 1.67 bits per heavy atom. The molecule has 48 valence electrons. The predicted octanol–water partition coefficient (Wildman–Crippen LogP) is 1.68. The van der Waals surface area contributed by atoms with Gasteiger partial charge in [-0.15, -0.1) is 0 Å². The first-order valence-corrected chi connectivity index (χ1v) is 3.79. The van der Waals surface area contributed by atoms with Crippen molar-refractivity contribution in [1.29, 1.82) is 0 Å². The van der Waals surface area contributed by atoms with Gasteiger partial charge in [0.2, 0.25) is 0 Å². The van der Waals surface area contributed by atoms with E-state index in [1.54, 1.807) is 6.20 Å². The third kappa shape index (κ3) is 1.75. The highest BCUT2D eigenvalue weighted by molar-refractivity contribution is 9.08. The molecule has 0 saturated heterocycles. The molecule has 0 aliphatic carbocycles. The van der Waals surface area contributed by atoms with E-state index in [4.69, 9.17) is 0 Å². The lowest BCUT2D eigenvalue weighted by Gasteiger charge is -1.92. The summed E-state index contributed by atoms with van der Waals surface area (Å²) in [4.78, 5) is 8.13. The summed E-state index contributed by atoms with van der Waals surface area (Å²) < 4.78 is 0. The average molecular weight is 187 g/mol. The van der Waals surface area contributed by atoms with Gasteiger partial charge < -0.3 is 0 Å². The molecule has 1 heterocycles. The molecule has 0 unspecified atom stereocenters. The van der Waals surface area contributed by atoms with Crippen molar-refractivity contribution in [3.63, 3.8) is 0 Å². The number of aromatic nitrogens is 2. The highest BCUT2D eigenvalue weighted by Crippen LogP contribution is 1.97. The number of alkyl halides is 1. The third-order valence-electron chi connectivity index (χ3n) is 0.964. The van der Waals surface area contributed by atoms with Crippen molar-refractivity contribution in [2.45, 2.75) is 12.3 Å². The van der Waals surface area contributed by atoms with Gasteiger partial charge in [0.05, 0.1) is 5.33 Å². The van der Waals surface area contributed by atoms with Gasteiger partial charge in [0, 0.05) is 11.9 Å². The van der Waals surface area contributed by atoms with Crippen LogP contribution in [0, 0.1) is 6.92 Å². The fourth-order valence-corrected chi connectivity index (χ4v) is 0.835. The minimum absolute atomic E-state index is 0.731. The molecule has 1 aromatic rings. The van der Waals surface area contributed by atoms with Crippen LogP contribution < -0.4 is 0 Å². The SMILES string of the molecule is Cc1ccnc(CBr)n1. The van der Waals surface area contributed by atoms with Gasteiger partial charge in [-0.25, -0.2) is 9.97 Å². The van der Waals surface area contributed by atoms with Crippen molar-refractivity contribution in [2.75, 3.05) is 0 Å². The lowest BCUT2D eigenvalue weighted by atomic mass is 10.4. The summed E-state index contributed by atoms with van der Waals surface area (Å²) in [5, 5.41) is 0.731. The average Bonchev–Trinajstić information content (AvgIpc) is 1.88. The van der Waals surface area contributed by atoms with E-state index in [0.717, 1.165) is 16.8 Å². The molecular weight excluding hydrogens is 180 g/mol. The van der Waals surface area contributed by atoms with Crippen molar-refractivity contribution in [2.24, 2.45) is 0 Å². The lowest BCUT2D eigenvalue weighted by Crippen LogP contribution is -1.90. The Labute approximate surface area is 62.5 Å². The minimum atomic E-state index is 0.731. The lowest BCUT2D eigenvalue weighted by molar-refractivity contribution is 1.00. The zero-order valence-corrected chi connectivity index (χ0v) is 6.72. The molecule has 0 radical (unpaired) electrons. The third-order valence-corrected chi connectivity index (χ3v) is 1.47. The second kappa shape index (κ2) is 2.92. The Hall–Kier alpha value is -0.440. The molecular formula is C6H7BrN2. The van der Waals surface area contributed by atoms with Crippen LogP contribution in [0.15, 0.2) is 12.3 Å². The molecule has 9 heavy (non-hydrogen) atoms. The van der Waals surface area contributed by atoms with E-state index >= 15 is 0 Å². The van der Waals surface area contributed by atoms with Crippen LogP contribution in [0.1, 0.15) is 11.5 Å². The van der Waals surface area contributed by atoms with Crippen molar-refractivity contribution in [3.05, 3.63) is 23.8 Å². The maximum atomic E-state index is 4.13. The summed E-state index contributed by atoms with van der Waals surface area (Å²) in [6.45, 7) is 1.95. The van der Waals surface area contributed by atoms with Gasteiger partial charge in [0.25, 0.3) is 0 Å². The van der Waals surface area contributed by atoms with Crippen LogP contribution in [-0.2, 0) is 5.33 Å². The van der Waals surface area contributed by atoms with E-state index in [9.17, 15) is 0 Å². The minimum Gasteiger partial charge on any atom is -0.240 e. The molecule has 0 fully saturated rings. The van der Waals surface area contributed by atoms with E-state index in [2.05, 4.69) is 25.9 Å². The fourth-order valence-electron chi connectivity index (χ4n) is 0.565. The molecule has 1 aromatic heterocycles. The Balaban J connectivity index is 2.94. The molecule has 0 aromatic carbocycles. The molecule has 0 aliphatic rings. The van der Waals surface area contributed by atoms with Gasteiger partial charge in [0.1, 0.15) is 5.82 Å². The largest absolute Gasteiger partial charge is 0.240 e. The second-order valence-electron chi connectivity index (χ2n) is 1.75. The van der Waals surface area contributed by atoms with Crippen LogP contribution in [0.4, 0.5) is 0 Å². The first-order valence-electron chi connectivity index (χ1n) is 2.67. The molecule has 1 rings (SSSR count). The molecule has 2 nitrogen and oxygen atoms in total. The zero-order valence-electron chi connectivity index (χ0n) is 5.13. The van der Waals surface area contributed by atoms with Crippen LogP contribution in [0.5, 0.6) is 0 Å². The number of aryl methyl sites for hydroxylation is 1. The van der Waals surface area contributed by atoms with Gasteiger partial charge in [-0.2, -0.15) is 0 Å². The molecule has 0 spiro atoms. The topological polar surface area (TPSA) is 25.8 Å². The van der Waals surface area contributed by atoms with Crippen LogP contribution >= 0.6 is 15.9 Å². The molecule has 3 heteroatoms. The van der Waals surface area contributed by atoms with E-state index < -0.39 is 0 Å². The van der Waals surface area contributed by atoms with Crippen molar-refractivity contribution >= 4 is 15.9 Å². The smallest absolute Gasteiger partial charge is 0.139 e. The highest BCUT2D eigenvalue weighted by Gasteiger charge is 1.90. The first kappa shape index (κ1) is 6.68. The van der Waals surface area contributed by atoms with E-state index in [1.165, 1.54) is 0 Å². The van der Waals surface area contributed by atoms with Gasteiger partial charge in [-0.1, -0.05) is 15.9 Å². The summed E-state index contributed by atoms with van der Waals surface area (Å²) in [5.41, 5.74) is 1.01. The highest BCUT2D eigenvalue weighted by atomic mass is 79.9. The Morgan fingerprint density at radius 3 is 2.89 bits per heavy atom. The quantitative estimate of drug-likeness (QED) is 0.625. The van der Waals surface area contributed by atoms with Crippen molar-refractivity contribution < 1.29 is 0 Å². The summed E-state index contributed by atoms with van der Waals surface area (Å²) in [6.07, 6.45) is 1.76. The standard InChI is InChI=1S/C6H7BrN2/c1-5-2-3-8-6(4-7)9-5/h2-3H,4H2,1H3. The van der Waals surface area contributed by atoms with Gasteiger partial charge in [0.15, 0.2) is 0 Å². The number of halogens is 1. The Morgan fingerprint density at radius 2 is 2.44 bits per heavy atom. The van der Waals surface area contributed by atoms with Gasteiger partial charge >= 0.3 is 0 Å². The maximum Gasteiger partial charge on any atom is 0.139 e. The molecule has 0 saturated carbocycles. The number of nitrogens with zero attached hydrogens (tertiary/aromatic N) is 2. The number of rotatable bonds is 1. The molecule has 0 atom stereocenters. The molecule has 0 bridgehead atoms. The first-order chi connectivity index (χ1) is 4.33. The zero-order chi connectivity index (χ0) is 6.69. The predicted molar refractivity (Wildman–Crippen MR) is 39.4 cm³/mol. The van der Waals surface area contributed by atoms with Gasteiger partial charge in [-0.3, -0.25) is 0 Å². The van der Waals surface area contributed by atoms with E-state index in [0.29, 0.717) is 0 Å². The van der Waals surface area contributed by atoms with Crippen LogP contribution in [-0.4, -0.2) is 9.97 Å². The van der Waals surface area contributed by atoms with Crippen LogP contribution in [0.3, 0.4) is 0 Å². The van der Waals surface area contributed by atoms with Crippen LogP contribution in [0.2, 0.25) is 0 Å². The van der Waals surface area contributed by atoms with Crippen LogP contribution in [0.25, 0.3) is 0 Å². The fraction of sp³-hybridized carbons (Fsp3) is 0.333. The Kier molecular flexibility index (Phi) is 2.16. The summed E-state index contributed by atoms with van der Waals surface area (Å²) in [6, 6.07) is 1.88. The molecule has 0 N–H and O–H groups in total. The normalized spacial score (nSPS) is 9.56. The maximum absolute atomic E-state index is 4.13. The summed E-state index contributed by atoms with van der Waals surface area (Å²) in [7, 11) is 0. The monoisotopic (exact) mass is 186 g/mol. The van der Waals surface area contributed by atoms with E-state index in [-0.39, 0.29) is 0 Å². The van der Waals surface area contributed by atoms with E-state index in [1.807, 2.05) is 13.0 Å². The number of hydrogen-bond donors (Lipinski definition) is 0. The molecule has 0 aliphatic heterocycles. The second-order valence-corrected chi connectivity index (χ2v) is 2.31. The van der Waals surface area contributed by atoms with Gasteiger partial charge in [-0.05, 0) is 13.0 Å².